The molecule has 160 valence electrons. The Hall–Kier alpha value is -3.56. The first-order valence-electron chi connectivity index (χ1n) is 10.5. The quantitative estimate of drug-likeness (QED) is 0.680. The molecular weight excluding hydrogens is 424 g/mol. The van der Waals surface area contributed by atoms with Crippen LogP contribution < -0.4 is 16.0 Å². The minimum Gasteiger partial charge on any atom is -0.384 e. The van der Waals surface area contributed by atoms with Crippen molar-refractivity contribution in [3.63, 3.8) is 0 Å². The summed E-state index contributed by atoms with van der Waals surface area (Å²) in [6.07, 6.45) is 1.51. The van der Waals surface area contributed by atoms with Crippen molar-refractivity contribution in [2.24, 2.45) is 5.73 Å². The normalized spacial score (nSPS) is 22.1. The van der Waals surface area contributed by atoms with Crippen molar-refractivity contribution in [1.29, 1.82) is 5.26 Å². The van der Waals surface area contributed by atoms with Gasteiger partial charge in [0.1, 0.15) is 17.3 Å². The summed E-state index contributed by atoms with van der Waals surface area (Å²) in [7, 11) is 0. The highest BCUT2D eigenvalue weighted by molar-refractivity contribution is 6.31. The van der Waals surface area contributed by atoms with Crippen molar-refractivity contribution in [3.05, 3.63) is 80.8 Å². The van der Waals surface area contributed by atoms with E-state index in [0.717, 1.165) is 11.1 Å². The van der Waals surface area contributed by atoms with E-state index in [1.54, 1.807) is 17.0 Å². The average molecular weight is 445 g/mol. The summed E-state index contributed by atoms with van der Waals surface area (Å²) >= 11 is 6.29. The number of allylic oxidation sites excluding steroid dienone is 1. The largest absolute Gasteiger partial charge is 0.384 e. The molecule has 7 heteroatoms. The molecule has 0 radical (unpaired) electrons. The number of hydrogen-bond donors (Lipinski definition) is 2. The van der Waals surface area contributed by atoms with E-state index >= 15 is 0 Å². The maximum absolute atomic E-state index is 13.6. The average Bonchev–Trinajstić information content (AvgIpc) is 3.03. The highest BCUT2D eigenvalue weighted by atomic mass is 35.5. The Kier molecular flexibility index (Phi) is 4.44. The lowest BCUT2D eigenvalue weighted by Crippen LogP contribution is -2.50. The fourth-order valence-corrected chi connectivity index (χ4v) is 5.37. The molecule has 0 fully saturated rings. The number of carbonyl (C=O) groups is 2. The molecule has 0 saturated carbocycles. The lowest BCUT2D eigenvalue weighted by molar-refractivity contribution is -0.122. The van der Waals surface area contributed by atoms with Gasteiger partial charge >= 0.3 is 0 Å². The Bertz CT molecular complexity index is 1330. The predicted octanol–water partition coefficient (Wildman–Crippen LogP) is 4.37. The van der Waals surface area contributed by atoms with Crippen molar-refractivity contribution in [2.75, 3.05) is 10.2 Å². The number of ketones is 1. The van der Waals surface area contributed by atoms with Gasteiger partial charge in [0, 0.05) is 34.0 Å². The van der Waals surface area contributed by atoms with Gasteiger partial charge in [-0.25, -0.2) is 0 Å². The second-order valence-electron chi connectivity index (χ2n) is 8.49. The lowest BCUT2D eigenvalue weighted by Gasteiger charge is -2.44. The monoisotopic (exact) mass is 444 g/mol. The SMILES string of the molecule is Cc1ccc2c(c1)C1(C(=O)N2)C(C#N)=C(N)N(c2cc(Cl)ccc2C)C2=C1C(=O)CCC2. The molecule has 1 unspecified atom stereocenters. The van der Waals surface area contributed by atoms with E-state index in [0.29, 0.717) is 52.5 Å². The third-order valence-corrected chi connectivity index (χ3v) is 6.83. The van der Waals surface area contributed by atoms with Gasteiger partial charge in [-0.05, 0) is 50.5 Å². The van der Waals surface area contributed by atoms with Gasteiger partial charge in [-0.1, -0.05) is 35.4 Å². The lowest BCUT2D eigenvalue weighted by atomic mass is 9.63. The number of nitrogens with zero attached hydrogens (tertiary/aromatic N) is 2. The molecule has 0 saturated heterocycles. The van der Waals surface area contributed by atoms with Crippen molar-refractivity contribution in [1.82, 2.24) is 0 Å². The molecule has 1 aliphatic carbocycles. The molecule has 3 aliphatic rings. The zero-order valence-corrected chi connectivity index (χ0v) is 18.5. The molecule has 3 N–H and O–H groups in total. The van der Waals surface area contributed by atoms with Gasteiger partial charge in [-0.3, -0.25) is 14.5 Å². The van der Waals surface area contributed by atoms with Crippen molar-refractivity contribution < 1.29 is 9.59 Å². The van der Waals surface area contributed by atoms with E-state index in [9.17, 15) is 14.9 Å². The van der Waals surface area contributed by atoms with Gasteiger partial charge in [0.05, 0.1) is 11.3 Å². The van der Waals surface area contributed by atoms with Crippen molar-refractivity contribution in [2.45, 2.75) is 38.5 Å². The summed E-state index contributed by atoms with van der Waals surface area (Å²) in [5.74, 6) is -0.403. The number of nitrogens with one attached hydrogen (secondary N) is 1. The summed E-state index contributed by atoms with van der Waals surface area (Å²) in [5, 5.41) is 13.7. The van der Waals surface area contributed by atoms with E-state index < -0.39 is 11.3 Å². The van der Waals surface area contributed by atoms with Gasteiger partial charge < -0.3 is 11.1 Å². The number of Topliss-reactive ketones (excluding diaryl/α,β-unsaturated/α-hetero) is 1. The number of fused-ring (bicyclic) bond motifs is 3. The summed E-state index contributed by atoms with van der Waals surface area (Å²) in [5.41, 5.74) is 9.90. The number of carbonyl (C=O) groups excluding carboxylic acids is 2. The number of aryl methyl sites for hydroxylation is 2. The number of nitrogens with two attached hydrogens (primary N) is 1. The third kappa shape index (κ3) is 2.52. The van der Waals surface area contributed by atoms with Crippen LogP contribution in [0.2, 0.25) is 5.02 Å². The Morgan fingerprint density at radius 2 is 1.94 bits per heavy atom. The Morgan fingerprint density at radius 1 is 1.16 bits per heavy atom. The first-order chi connectivity index (χ1) is 15.3. The topological polar surface area (TPSA) is 99.2 Å². The predicted molar refractivity (Wildman–Crippen MR) is 123 cm³/mol. The smallest absolute Gasteiger partial charge is 0.245 e. The number of rotatable bonds is 1. The minimum absolute atomic E-state index is 0.0627. The molecule has 2 heterocycles. The van der Waals surface area contributed by atoms with Gasteiger partial charge in [-0.2, -0.15) is 5.26 Å². The number of amides is 1. The van der Waals surface area contributed by atoms with Crippen LogP contribution in [0.4, 0.5) is 11.4 Å². The molecular formula is C25H21ClN4O2. The Morgan fingerprint density at radius 3 is 2.69 bits per heavy atom. The first kappa shape index (κ1) is 20.3. The number of anilines is 2. The molecule has 6 nitrogen and oxygen atoms in total. The second-order valence-corrected chi connectivity index (χ2v) is 8.93. The molecule has 2 aromatic carbocycles. The zero-order chi connectivity index (χ0) is 22.8. The van der Waals surface area contributed by atoms with Gasteiger partial charge in [0.25, 0.3) is 0 Å². The summed E-state index contributed by atoms with van der Waals surface area (Å²) in [4.78, 5) is 28.8. The van der Waals surface area contributed by atoms with Crippen molar-refractivity contribution in [3.8, 4) is 6.07 Å². The molecule has 2 aromatic rings. The molecule has 1 atom stereocenters. The maximum atomic E-state index is 13.6. The third-order valence-electron chi connectivity index (χ3n) is 6.59. The van der Waals surface area contributed by atoms with Gasteiger partial charge in [0.15, 0.2) is 5.78 Å². The maximum Gasteiger partial charge on any atom is 0.245 e. The summed E-state index contributed by atoms with van der Waals surface area (Å²) in [6.45, 7) is 3.83. The molecule has 2 aliphatic heterocycles. The highest BCUT2D eigenvalue weighted by Gasteiger charge is 2.60. The number of hydrogen-bond acceptors (Lipinski definition) is 5. The van der Waals surface area contributed by atoms with Crippen LogP contribution in [0, 0.1) is 25.2 Å². The summed E-state index contributed by atoms with van der Waals surface area (Å²) in [6, 6.07) is 13.2. The zero-order valence-electron chi connectivity index (χ0n) is 17.8. The highest BCUT2D eigenvalue weighted by Crippen LogP contribution is 2.55. The van der Waals surface area contributed by atoms with Crippen LogP contribution in [0.25, 0.3) is 0 Å². The number of halogens is 1. The van der Waals surface area contributed by atoms with E-state index in [1.165, 1.54) is 0 Å². The summed E-state index contributed by atoms with van der Waals surface area (Å²) < 4.78 is 0. The van der Waals surface area contributed by atoms with Gasteiger partial charge in [0.2, 0.25) is 5.91 Å². The second kappa shape index (κ2) is 6.98. The fourth-order valence-electron chi connectivity index (χ4n) is 5.20. The molecule has 1 amide bonds. The van der Waals surface area contributed by atoms with Crippen LogP contribution in [0.15, 0.2) is 59.1 Å². The molecule has 0 aromatic heterocycles. The Balaban J connectivity index is 1.91. The van der Waals surface area contributed by atoms with E-state index in [2.05, 4.69) is 11.4 Å². The van der Waals surface area contributed by atoms with Crippen LogP contribution >= 0.6 is 11.6 Å². The van der Waals surface area contributed by atoms with Crippen LogP contribution in [0.1, 0.15) is 36.0 Å². The van der Waals surface area contributed by atoms with E-state index in [4.69, 9.17) is 17.3 Å². The first-order valence-corrected chi connectivity index (χ1v) is 10.8. The van der Waals surface area contributed by atoms with Gasteiger partial charge in [-0.15, -0.1) is 0 Å². The molecule has 0 bridgehead atoms. The number of nitriles is 1. The van der Waals surface area contributed by atoms with Crippen LogP contribution in [0.5, 0.6) is 0 Å². The molecule has 1 spiro atoms. The Labute approximate surface area is 191 Å². The van der Waals surface area contributed by atoms with Crippen LogP contribution in [0.3, 0.4) is 0 Å². The van der Waals surface area contributed by atoms with E-state index in [-0.39, 0.29) is 17.2 Å². The molecule has 32 heavy (non-hydrogen) atoms. The fraction of sp³-hybridized carbons (Fsp3) is 0.240. The van der Waals surface area contributed by atoms with Crippen LogP contribution in [-0.4, -0.2) is 11.7 Å². The minimum atomic E-state index is -1.55. The van der Waals surface area contributed by atoms with E-state index in [1.807, 2.05) is 38.1 Å². The standard InChI is InChI=1S/C25H21ClN4O2/c1-13-6-9-18-16(10-13)25(24(32)29-18)17(12-27)23(28)30(19-4-3-5-21(31)22(19)25)20-11-15(26)8-7-14(20)2/h6-11H,3-5,28H2,1-2H3,(H,29,32). The van der Waals surface area contributed by atoms with Crippen molar-refractivity contribution >= 4 is 34.7 Å². The number of benzene rings is 2. The van der Waals surface area contributed by atoms with Crippen LogP contribution in [-0.2, 0) is 15.0 Å². The molecule has 5 rings (SSSR count).